The summed E-state index contributed by atoms with van der Waals surface area (Å²) in [7, 11) is 1.81. The number of ether oxygens (including phenoxy) is 1. The van der Waals surface area contributed by atoms with Crippen LogP contribution in [-0.4, -0.2) is 54.6 Å². The second-order valence-electron chi connectivity index (χ2n) is 4.06. The van der Waals surface area contributed by atoms with E-state index in [-0.39, 0.29) is 13.2 Å². The van der Waals surface area contributed by atoms with E-state index in [1.807, 2.05) is 18.0 Å². The number of rotatable bonds is 7. The third kappa shape index (κ3) is 4.72. The molecule has 0 aromatic heterocycles. The second kappa shape index (κ2) is 7.67. The van der Waals surface area contributed by atoms with Gasteiger partial charge in [0, 0.05) is 13.1 Å². The highest BCUT2D eigenvalue weighted by molar-refractivity contribution is 5.42. The lowest BCUT2D eigenvalue weighted by Gasteiger charge is -2.19. The van der Waals surface area contributed by atoms with Gasteiger partial charge < -0.3 is 19.8 Å². The molecule has 5 heteroatoms. The number of nitriles is 1. The number of hydrogen-bond acceptors (Lipinski definition) is 5. The first kappa shape index (κ1) is 14.5. The van der Waals surface area contributed by atoms with Crippen LogP contribution < -0.4 is 4.74 Å². The Balaban J connectivity index is 2.43. The molecule has 1 aromatic rings. The van der Waals surface area contributed by atoms with Crippen LogP contribution in [0, 0.1) is 11.3 Å². The average molecular weight is 250 g/mol. The number of aliphatic hydroxyl groups is 2. The topological polar surface area (TPSA) is 76.7 Å². The molecule has 0 spiro atoms. The molecule has 1 unspecified atom stereocenters. The molecule has 0 aliphatic heterocycles. The SMILES string of the molecule is CN(CCO)CC(O)COc1ccccc1C#N. The third-order valence-corrected chi connectivity index (χ3v) is 2.44. The molecule has 0 saturated carbocycles. The zero-order valence-electron chi connectivity index (χ0n) is 10.4. The molecule has 0 aliphatic carbocycles. The summed E-state index contributed by atoms with van der Waals surface area (Å²) in [4.78, 5) is 1.81. The molecule has 0 fully saturated rings. The Morgan fingerprint density at radius 2 is 2.17 bits per heavy atom. The molecule has 0 radical (unpaired) electrons. The van der Waals surface area contributed by atoms with Crippen LogP contribution in [0.3, 0.4) is 0 Å². The molecule has 0 amide bonds. The van der Waals surface area contributed by atoms with Crippen LogP contribution in [0.2, 0.25) is 0 Å². The molecule has 18 heavy (non-hydrogen) atoms. The first-order chi connectivity index (χ1) is 8.67. The predicted molar refractivity (Wildman–Crippen MR) is 67.2 cm³/mol. The van der Waals surface area contributed by atoms with Crippen molar-refractivity contribution in [1.29, 1.82) is 5.26 Å². The maximum Gasteiger partial charge on any atom is 0.137 e. The Labute approximate surface area is 107 Å². The number of hydrogen-bond donors (Lipinski definition) is 2. The Kier molecular flexibility index (Phi) is 6.15. The zero-order valence-corrected chi connectivity index (χ0v) is 10.4. The molecular weight excluding hydrogens is 232 g/mol. The summed E-state index contributed by atoms with van der Waals surface area (Å²) >= 11 is 0. The van der Waals surface area contributed by atoms with Gasteiger partial charge in [-0.05, 0) is 19.2 Å². The molecule has 1 rings (SSSR count). The first-order valence-corrected chi connectivity index (χ1v) is 5.76. The van der Waals surface area contributed by atoms with Gasteiger partial charge in [0.1, 0.15) is 24.5 Å². The molecular formula is C13H18N2O3. The summed E-state index contributed by atoms with van der Waals surface area (Å²) in [6.45, 7) is 1.09. The molecule has 0 heterocycles. The van der Waals surface area contributed by atoms with E-state index in [4.69, 9.17) is 15.1 Å². The molecule has 5 nitrogen and oxygen atoms in total. The van der Waals surface area contributed by atoms with Gasteiger partial charge in [-0.25, -0.2) is 0 Å². The summed E-state index contributed by atoms with van der Waals surface area (Å²) in [5, 5.41) is 27.3. The van der Waals surface area contributed by atoms with E-state index in [0.717, 1.165) is 0 Å². The lowest BCUT2D eigenvalue weighted by atomic mass is 10.2. The lowest BCUT2D eigenvalue weighted by Crippen LogP contribution is -2.34. The van der Waals surface area contributed by atoms with Crippen LogP contribution in [0.25, 0.3) is 0 Å². The minimum atomic E-state index is -0.659. The van der Waals surface area contributed by atoms with E-state index in [1.165, 1.54) is 0 Å². The van der Waals surface area contributed by atoms with Gasteiger partial charge in [-0.1, -0.05) is 12.1 Å². The van der Waals surface area contributed by atoms with Gasteiger partial charge in [0.15, 0.2) is 0 Å². The summed E-state index contributed by atoms with van der Waals surface area (Å²) in [6, 6.07) is 8.93. The molecule has 0 bridgehead atoms. The monoisotopic (exact) mass is 250 g/mol. The number of likely N-dealkylation sites (N-methyl/N-ethyl adjacent to an activating group) is 1. The van der Waals surface area contributed by atoms with Gasteiger partial charge in [-0.15, -0.1) is 0 Å². The Bertz CT molecular complexity index is 403. The highest BCUT2D eigenvalue weighted by Crippen LogP contribution is 2.16. The summed E-state index contributed by atoms with van der Waals surface area (Å²) in [5.74, 6) is 0.476. The van der Waals surface area contributed by atoms with Gasteiger partial charge in [0.2, 0.25) is 0 Å². The first-order valence-electron chi connectivity index (χ1n) is 5.76. The quantitative estimate of drug-likeness (QED) is 0.724. The third-order valence-electron chi connectivity index (χ3n) is 2.44. The lowest BCUT2D eigenvalue weighted by molar-refractivity contribution is 0.0710. The van der Waals surface area contributed by atoms with Crippen molar-refractivity contribution in [3.8, 4) is 11.8 Å². The maximum absolute atomic E-state index is 9.74. The van der Waals surface area contributed by atoms with Gasteiger partial charge in [-0.2, -0.15) is 5.26 Å². The normalized spacial score (nSPS) is 12.2. The van der Waals surface area contributed by atoms with Crippen molar-refractivity contribution in [2.45, 2.75) is 6.10 Å². The van der Waals surface area contributed by atoms with Gasteiger partial charge >= 0.3 is 0 Å². The number of benzene rings is 1. The minimum Gasteiger partial charge on any atom is -0.489 e. The number of nitrogens with zero attached hydrogens (tertiary/aromatic N) is 2. The van der Waals surface area contributed by atoms with Gasteiger partial charge in [-0.3, -0.25) is 0 Å². The van der Waals surface area contributed by atoms with Crippen molar-refractivity contribution >= 4 is 0 Å². The summed E-state index contributed by atoms with van der Waals surface area (Å²) in [5.41, 5.74) is 0.452. The number of para-hydroxylation sites is 1. The fourth-order valence-corrected chi connectivity index (χ4v) is 1.55. The van der Waals surface area contributed by atoms with Crippen molar-refractivity contribution in [3.05, 3.63) is 29.8 Å². The largest absolute Gasteiger partial charge is 0.489 e. The molecule has 2 N–H and O–H groups in total. The Hall–Kier alpha value is -1.61. The van der Waals surface area contributed by atoms with E-state index in [2.05, 4.69) is 0 Å². The predicted octanol–water partition coefficient (Wildman–Crippen LogP) is 0.222. The summed E-state index contributed by atoms with van der Waals surface area (Å²) < 4.78 is 5.41. The van der Waals surface area contributed by atoms with Crippen molar-refractivity contribution in [3.63, 3.8) is 0 Å². The highest BCUT2D eigenvalue weighted by Gasteiger charge is 2.10. The molecule has 0 saturated heterocycles. The van der Waals surface area contributed by atoms with Crippen LogP contribution in [0.15, 0.2) is 24.3 Å². The standard InChI is InChI=1S/C13H18N2O3/c1-15(6-7-16)9-12(17)10-18-13-5-3-2-4-11(13)8-14/h2-5,12,16-17H,6-7,9-10H2,1H3. The van der Waals surface area contributed by atoms with Crippen molar-refractivity contribution in [1.82, 2.24) is 4.90 Å². The van der Waals surface area contributed by atoms with Crippen molar-refractivity contribution < 1.29 is 14.9 Å². The maximum atomic E-state index is 9.74. The van der Waals surface area contributed by atoms with Crippen LogP contribution in [0.4, 0.5) is 0 Å². The minimum absolute atomic E-state index is 0.0569. The van der Waals surface area contributed by atoms with Gasteiger partial charge in [0.25, 0.3) is 0 Å². The second-order valence-corrected chi connectivity index (χ2v) is 4.06. The molecule has 0 aliphatic rings. The van der Waals surface area contributed by atoms with E-state index in [9.17, 15) is 5.11 Å². The van der Waals surface area contributed by atoms with Crippen LogP contribution in [0.1, 0.15) is 5.56 Å². The van der Waals surface area contributed by atoms with E-state index >= 15 is 0 Å². The fourth-order valence-electron chi connectivity index (χ4n) is 1.55. The average Bonchev–Trinajstić information content (AvgIpc) is 2.37. The summed E-state index contributed by atoms with van der Waals surface area (Å²) in [6.07, 6.45) is -0.659. The van der Waals surface area contributed by atoms with Crippen LogP contribution in [0.5, 0.6) is 5.75 Å². The highest BCUT2D eigenvalue weighted by atomic mass is 16.5. The van der Waals surface area contributed by atoms with Crippen molar-refractivity contribution in [2.24, 2.45) is 0 Å². The molecule has 98 valence electrons. The van der Waals surface area contributed by atoms with E-state index in [1.54, 1.807) is 24.3 Å². The number of aliphatic hydroxyl groups excluding tert-OH is 2. The molecule has 1 atom stereocenters. The van der Waals surface area contributed by atoms with Crippen LogP contribution in [-0.2, 0) is 0 Å². The zero-order chi connectivity index (χ0) is 13.4. The Morgan fingerprint density at radius 1 is 1.44 bits per heavy atom. The van der Waals surface area contributed by atoms with Crippen molar-refractivity contribution in [2.75, 3.05) is 33.4 Å². The van der Waals surface area contributed by atoms with E-state index < -0.39 is 6.10 Å². The Morgan fingerprint density at radius 3 is 2.83 bits per heavy atom. The van der Waals surface area contributed by atoms with E-state index in [0.29, 0.717) is 24.4 Å². The van der Waals surface area contributed by atoms with Gasteiger partial charge in [0.05, 0.1) is 12.2 Å². The smallest absolute Gasteiger partial charge is 0.137 e. The fraction of sp³-hybridized carbons (Fsp3) is 0.462. The molecule has 1 aromatic carbocycles. The van der Waals surface area contributed by atoms with Crippen LogP contribution >= 0.6 is 0 Å².